The van der Waals surface area contributed by atoms with Gasteiger partial charge in [0.2, 0.25) is 0 Å². The van der Waals surface area contributed by atoms with Crippen LogP contribution in [0.1, 0.15) is 37.2 Å². The fraction of sp³-hybridized carbons (Fsp3) is 0.375. The Bertz CT molecular complexity index is 1070. The van der Waals surface area contributed by atoms with Crippen LogP contribution in [0.25, 0.3) is 16.6 Å². The van der Waals surface area contributed by atoms with Crippen LogP contribution in [0.5, 0.6) is 5.75 Å². The molecule has 0 atom stereocenters. The summed E-state index contributed by atoms with van der Waals surface area (Å²) < 4.78 is 26.1. The maximum absolute atomic E-state index is 13.4. The van der Waals surface area contributed by atoms with E-state index in [9.17, 15) is 9.18 Å². The second-order valence-corrected chi connectivity index (χ2v) is 8.52. The Morgan fingerprint density at radius 1 is 1.07 bits per heavy atom. The number of nitrogens with zero attached hydrogens (tertiary/aromatic N) is 1. The predicted octanol–water partition coefficient (Wildman–Crippen LogP) is 5.23. The molecule has 5 heteroatoms. The standard InChI is InChI=1S/C24H24FNO3/c1-28-21-5-3-4-20-22(21)19(14-26(20)18-8-6-17(25)7-9-18)15-10-24(11-15)12-16(13-24)23(27)29-2/h3-9,14-16H,10-13H2,1-2H3. The highest BCUT2D eigenvalue weighted by atomic mass is 19.1. The molecule has 1 aromatic heterocycles. The number of carbonyl (C=O) groups is 1. The zero-order valence-electron chi connectivity index (χ0n) is 16.7. The molecule has 2 saturated carbocycles. The molecule has 0 radical (unpaired) electrons. The molecule has 5 rings (SSSR count). The summed E-state index contributed by atoms with van der Waals surface area (Å²) >= 11 is 0. The summed E-state index contributed by atoms with van der Waals surface area (Å²) in [5, 5.41) is 1.13. The lowest BCUT2D eigenvalue weighted by atomic mass is 9.47. The van der Waals surface area contributed by atoms with E-state index >= 15 is 0 Å². The highest BCUT2D eigenvalue weighted by molar-refractivity contribution is 5.92. The van der Waals surface area contributed by atoms with Gasteiger partial charge >= 0.3 is 5.97 Å². The van der Waals surface area contributed by atoms with E-state index in [0.717, 1.165) is 48.0 Å². The first-order chi connectivity index (χ1) is 14.0. The van der Waals surface area contributed by atoms with E-state index < -0.39 is 0 Å². The molecule has 0 unspecified atom stereocenters. The molecule has 2 fully saturated rings. The number of halogens is 1. The van der Waals surface area contributed by atoms with Crippen LogP contribution in [0.15, 0.2) is 48.7 Å². The van der Waals surface area contributed by atoms with Gasteiger partial charge in [0.1, 0.15) is 11.6 Å². The number of esters is 1. The van der Waals surface area contributed by atoms with Gasteiger partial charge in [0, 0.05) is 17.3 Å². The molecule has 150 valence electrons. The number of carbonyl (C=O) groups excluding carboxylic acids is 1. The molecule has 0 amide bonds. The third-order valence-electron chi connectivity index (χ3n) is 6.84. The minimum absolute atomic E-state index is 0.0658. The number of hydrogen-bond acceptors (Lipinski definition) is 3. The third-order valence-corrected chi connectivity index (χ3v) is 6.84. The number of methoxy groups -OCH3 is 2. The van der Waals surface area contributed by atoms with E-state index in [1.807, 2.05) is 12.1 Å². The average molecular weight is 393 g/mol. The van der Waals surface area contributed by atoms with Crippen LogP contribution in [-0.4, -0.2) is 24.8 Å². The number of aromatic nitrogens is 1. The first kappa shape index (κ1) is 18.2. The van der Waals surface area contributed by atoms with Crippen molar-refractivity contribution in [2.24, 2.45) is 11.3 Å². The number of rotatable bonds is 4. The van der Waals surface area contributed by atoms with Gasteiger partial charge in [0.25, 0.3) is 0 Å². The van der Waals surface area contributed by atoms with Crippen LogP contribution >= 0.6 is 0 Å². The zero-order chi connectivity index (χ0) is 20.2. The Kier molecular flexibility index (Phi) is 4.16. The van der Waals surface area contributed by atoms with Crippen molar-refractivity contribution in [3.8, 4) is 11.4 Å². The minimum Gasteiger partial charge on any atom is -0.496 e. The molecular formula is C24H24FNO3. The zero-order valence-corrected chi connectivity index (χ0v) is 16.7. The molecule has 4 nitrogen and oxygen atoms in total. The van der Waals surface area contributed by atoms with Crippen molar-refractivity contribution in [2.75, 3.05) is 14.2 Å². The lowest BCUT2D eigenvalue weighted by Crippen LogP contribution is -2.49. The summed E-state index contributed by atoms with van der Waals surface area (Å²) in [6.45, 7) is 0. The first-order valence-corrected chi connectivity index (χ1v) is 10.1. The molecular weight excluding hydrogens is 369 g/mol. The number of hydrogen-bond donors (Lipinski definition) is 0. The van der Waals surface area contributed by atoms with Crippen LogP contribution < -0.4 is 4.74 Å². The van der Waals surface area contributed by atoms with Crippen molar-refractivity contribution in [3.05, 3.63) is 60.0 Å². The number of fused-ring (bicyclic) bond motifs is 1. The van der Waals surface area contributed by atoms with E-state index in [4.69, 9.17) is 9.47 Å². The molecule has 1 spiro atoms. The normalized spacial score (nSPS) is 25.5. The first-order valence-electron chi connectivity index (χ1n) is 10.1. The molecule has 2 aliphatic carbocycles. The summed E-state index contributed by atoms with van der Waals surface area (Å²) in [5.74, 6) is 1.05. The summed E-state index contributed by atoms with van der Waals surface area (Å²) in [5.41, 5.74) is 3.55. The highest BCUT2D eigenvalue weighted by Gasteiger charge is 2.55. The monoisotopic (exact) mass is 393 g/mol. The molecule has 1 heterocycles. The molecule has 0 bridgehead atoms. The minimum atomic E-state index is -0.242. The van der Waals surface area contributed by atoms with Crippen molar-refractivity contribution in [1.82, 2.24) is 4.57 Å². The summed E-state index contributed by atoms with van der Waals surface area (Å²) in [6.07, 6.45) is 6.21. The lowest BCUT2D eigenvalue weighted by Gasteiger charge is -2.57. The van der Waals surface area contributed by atoms with Crippen molar-refractivity contribution >= 4 is 16.9 Å². The average Bonchev–Trinajstić information content (AvgIpc) is 3.06. The quantitative estimate of drug-likeness (QED) is 0.570. The molecule has 3 aromatic rings. The summed E-state index contributed by atoms with van der Waals surface area (Å²) in [4.78, 5) is 11.7. The van der Waals surface area contributed by atoms with E-state index in [1.165, 1.54) is 24.8 Å². The molecule has 2 aliphatic rings. The second kappa shape index (κ2) is 6.61. The maximum atomic E-state index is 13.4. The van der Waals surface area contributed by atoms with Gasteiger partial charge in [-0.2, -0.15) is 0 Å². The summed E-state index contributed by atoms with van der Waals surface area (Å²) in [6, 6.07) is 12.6. The van der Waals surface area contributed by atoms with Crippen molar-refractivity contribution < 1.29 is 18.7 Å². The molecule has 0 aliphatic heterocycles. The van der Waals surface area contributed by atoms with Gasteiger partial charge in [0.15, 0.2) is 0 Å². The Hall–Kier alpha value is -2.82. The van der Waals surface area contributed by atoms with Gasteiger partial charge in [-0.15, -0.1) is 0 Å². The van der Waals surface area contributed by atoms with Gasteiger partial charge in [-0.05, 0) is 79.0 Å². The number of ether oxygens (including phenoxy) is 2. The van der Waals surface area contributed by atoms with Crippen LogP contribution in [-0.2, 0) is 9.53 Å². The smallest absolute Gasteiger partial charge is 0.308 e. The van der Waals surface area contributed by atoms with Crippen molar-refractivity contribution in [2.45, 2.75) is 31.6 Å². The van der Waals surface area contributed by atoms with Gasteiger partial charge in [0.05, 0.1) is 25.7 Å². The van der Waals surface area contributed by atoms with E-state index in [1.54, 1.807) is 19.2 Å². The second-order valence-electron chi connectivity index (χ2n) is 8.52. The maximum Gasteiger partial charge on any atom is 0.308 e. The molecule has 29 heavy (non-hydrogen) atoms. The van der Waals surface area contributed by atoms with Crippen LogP contribution in [0.3, 0.4) is 0 Å². The van der Waals surface area contributed by atoms with Crippen LogP contribution in [0.2, 0.25) is 0 Å². The van der Waals surface area contributed by atoms with Crippen molar-refractivity contribution in [3.63, 3.8) is 0 Å². The van der Waals surface area contributed by atoms with Gasteiger partial charge < -0.3 is 14.0 Å². The van der Waals surface area contributed by atoms with Crippen molar-refractivity contribution in [1.29, 1.82) is 0 Å². The molecule has 0 N–H and O–H groups in total. The predicted molar refractivity (Wildman–Crippen MR) is 109 cm³/mol. The van der Waals surface area contributed by atoms with Crippen LogP contribution in [0, 0.1) is 17.2 Å². The van der Waals surface area contributed by atoms with Crippen LogP contribution in [0.4, 0.5) is 4.39 Å². The Morgan fingerprint density at radius 2 is 1.79 bits per heavy atom. The Labute approximate surface area is 169 Å². The third kappa shape index (κ3) is 2.83. The topological polar surface area (TPSA) is 40.5 Å². The summed E-state index contributed by atoms with van der Waals surface area (Å²) in [7, 11) is 3.16. The van der Waals surface area contributed by atoms with Gasteiger partial charge in [-0.1, -0.05) is 6.07 Å². The fourth-order valence-corrected chi connectivity index (χ4v) is 5.44. The van der Waals surface area contributed by atoms with Gasteiger partial charge in [-0.3, -0.25) is 4.79 Å². The van der Waals surface area contributed by atoms with E-state index in [0.29, 0.717) is 5.92 Å². The van der Waals surface area contributed by atoms with E-state index in [2.05, 4.69) is 16.8 Å². The Morgan fingerprint density at radius 3 is 2.45 bits per heavy atom. The molecule has 0 saturated heterocycles. The molecule has 2 aromatic carbocycles. The largest absolute Gasteiger partial charge is 0.496 e. The fourth-order valence-electron chi connectivity index (χ4n) is 5.44. The SMILES string of the molecule is COC(=O)C1CC2(C1)CC(c1cn(-c3ccc(F)cc3)c3cccc(OC)c13)C2. The van der Waals surface area contributed by atoms with E-state index in [-0.39, 0.29) is 23.1 Å². The van der Waals surface area contributed by atoms with Gasteiger partial charge in [-0.25, -0.2) is 4.39 Å². The number of benzene rings is 2. The Balaban J connectivity index is 1.49. The highest BCUT2D eigenvalue weighted by Crippen LogP contribution is 2.65. The lowest BCUT2D eigenvalue weighted by molar-refractivity contribution is -0.159.